The molecule has 1 aromatic heterocycles. The summed E-state index contributed by atoms with van der Waals surface area (Å²) >= 11 is 0. The number of benzene rings is 2. The third-order valence-electron chi connectivity index (χ3n) is 5.42. The molecule has 1 amide bonds. The molecular weight excluding hydrogens is 396 g/mol. The van der Waals surface area contributed by atoms with Crippen molar-refractivity contribution in [1.82, 2.24) is 15.1 Å². The van der Waals surface area contributed by atoms with E-state index in [1.165, 1.54) is 18.2 Å². The molecule has 1 atom stereocenters. The number of hydrogen-bond donors (Lipinski definition) is 1. The summed E-state index contributed by atoms with van der Waals surface area (Å²) in [5, 5.41) is 7.96. The highest BCUT2D eigenvalue weighted by atomic mass is 19.1. The molecule has 160 valence electrons. The molecule has 0 radical (unpaired) electrons. The zero-order valence-corrected chi connectivity index (χ0v) is 17.8. The molecule has 1 unspecified atom stereocenters. The number of nitrogens with zero attached hydrogens (tertiary/aromatic N) is 2. The first-order valence-corrected chi connectivity index (χ1v) is 9.83. The van der Waals surface area contributed by atoms with Crippen molar-refractivity contribution in [3.8, 4) is 5.69 Å². The Kier molecular flexibility index (Phi) is 6.20. The van der Waals surface area contributed by atoms with E-state index >= 15 is 0 Å². The van der Waals surface area contributed by atoms with Crippen molar-refractivity contribution in [1.29, 1.82) is 0 Å². The van der Waals surface area contributed by atoms with Gasteiger partial charge in [-0.05, 0) is 53.6 Å². The number of halogens is 2. The maximum Gasteiger partial charge on any atom is 0.226 e. The second kappa shape index (κ2) is 8.68. The Labute approximate surface area is 180 Å². The number of carbonyl (C=O) groups is 1. The van der Waals surface area contributed by atoms with Crippen molar-refractivity contribution in [3.05, 3.63) is 96.8 Å². The average Bonchev–Trinajstić information content (AvgIpc) is 3.16. The fraction of sp³-hybridized carbons (Fsp3) is 0.200. The van der Waals surface area contributed by atoms with Crippen LogP contribution in [0.15, 0.2) is 85.4 Å². The summed E-state index contributed by atoms with van der Waals surface area (Å²) in [5.74, 6) is -1.59. The van der Waals surface area contributed by atoms with Crippen molar-refractivity contribution < 1.29 is 13.6 Å². The largest absolute Gasteiger partial charge is 0.359 e. The van der Waals surface area contributed by atoms with Crippen molar-refractivity contribution in [2.75, 3.05) is 7.05 Å². The Hall–Kier alpha value is -3.54. The lowest BCUT2D eigenvalue weighted by Gasteiger charge is -2.34. The number of amides is 1. The van der Waals surface area contributed by atoms with Crippen LogP contribution in [0.2, 0.25) is 0 Å². The zero-order chi connectivity index (χ0) is 22.8. The molecule has 0 spiro atoms. The molecule has 1 N–H and O–H groups in total. The highest BCUT2D eigenvalue weighted by Crippen LogP contribution is 2.43. The molecule has 4 nitrogen and oxygen atoms in total. The Balaban J connectivity index is 2.16. The van der Waals surface area contributed by atoms with E-state index in [9.17, 15) is 13.6 Å². The highest BCUT2D eigenvalue weighted by molar-refractivity contribution is 5.85. The minimum absolute atomic E-state index is 0.183. The average molecular weight is 421 g/mol. The number of fused-ring (bicyclic) bond motifs is 1. The second-order valence-corrected chi connectivity index (χ2v) is 7.88. The summed E-state index contributed by atoms with van der Waals surface area (Å²) in [6.45, 7) is 10.8. The number of nitrogens with one attached hydrogen (secondary N) is 1. The Morgan fingerprint density at radius 1 is 1.23 bits per heavy atom. The van der Waals surface area contributed by atoms with Gasteiger partial charge in [-0.3, -0.25) is 4.79 Å². The fourth-order valence-corrected chi connectivity index (χ4v) is 3.94. The van der Waals surface area contributed by atoms with Gasteiger partial charge >= 0.3 is 0 Å². The van der Waals surface area contributed by atoms with Crippen molar-refractivity contribution in [2.24, 2.45) is 5.41 Å². The van der Waals surface area contributed by atoms with Gasteiger partial charge in [0.1, 0.15) is 11.6 Å². The molecule has 0 fully saturated rings. The van der Waals surface area contributed by atoms with E-state index in [-0.39, 0.29) is 11.7 Å². The molecule has 3 rings (SSSR count). The van der Waals surface area contributed by atoms with Crippen LogP contribution in [0.3, 0.4) is 0 Å². The van der Waals surface area contributed by atoms with Gasteiger partial charge in [0, 0.05) is 18.4 Å². The van der Waals surface area contributed by atoms with E-state index in [4.69, 9.17) is 0 Å². The Morgan fingerprint density at radius 3 is 2.48 bits per heavy atom. The van der Waals surface area contributed by atoms with Gasteiger partial charge in [-0.25, -0.2) is 13.5 Å². The maximum absolute atomic E-state index is 13.7. The van der Waals surface area contributed by atoms with Crippen molar-refractivity contribution >= 4 is 16.8 Å². The van der Waals surface area contributed by atoms with Crippen LogP contribution < -0.4 is 5.32 Å². The first-order chi connectivity index (χ1) is 14.7. The normalized spacial score (nSPS) is 13.1. The van der Waals surface area contributed by atoms with Gasteiger partial charge in [-0.15, -0.1) is 0 Å². The van der Waals surface area contributed by atoms with Gasteiger partial charge in [-0.1, -0.05) is 39.1 Å². The summed E-state index contributed by atoms with van der Waals surface area (Å²) in [6, 6.07) is 11.8. The molecule has 31 heavy (non-hydrogen) atoms. The first-order valence-electron chi connectivity index (χ1n) is 9.83. The smallest absolute Gasteiger partial charge is 0.226 e. The quantitative estimate of drug-likeness (QED) is 0.504. The van der Waals surface area contributed by atoms with Crippen LogP contribution in [-0.2, 0) is 4.79 Å². The minimum atomic E-state index is -0.898. The molecule has 2 aromatic carbocycles. The van der Waals surface area contributed by atoms with Crippen LogP contribution in [0.1, 0.15) is 25.3 Å². The molecule has 1 heterocycles. The summed E-state index contributed by atoms with van der Waals surface area (Å²) in [7, 11) is 1.57. The number of aromatic nitrogens is 2. The van der Waals surface area contributed by atoms with E-state index in [1.807, 2.05) is 18.2 Å². The topological polar surface area (TPSA) is 46.9 Å². The van der Waals surface area contributed by atoms with Crippen molar-refractivity contribution in [2.45, 2.75) is 19.8 Å². The van der Waals surface area contributed by atoms with Crippen molar-refractivity contribution in [3.63, 3.8) is 0 Å². The molecule has 0 saturated heterocycles. The standard InChI is InChI=1S/C25H25F2N3O/c1-6-17(13-16(2)26)23(25(3,4)24(31)28-5)18-7-12-22-19(14-18)15-29-30(22)21-10-8-20(27)9-11-21/h6-15,23H,1-2H2,3-5H3,(H,28,31)/b17-13+. The fourth-order valence-electron chi connectivity index (χ4n) is 3.94. The summed E-state index contributed by atoms with van der Waals surface area (Å²) in [5.41, 5.74) is 2.02. The van der Waals surface area contributed by atoms with Crippen LogP contribution in [0, 0.1) is 11.2 Å². The molecule has 0 saturated carbocycles. The van der Waals surface area contributed by atoms with Crippen LogP contribution >= 0.6 is 0 Å². The van der Waals surface area contributed by atoms with E-state index in [2.05, 4.69) is 23.6 Å². The molecule has 6 heteroatoms. The number of hydrogen-bond acceptors (Lipinski definition) is 2. The van der Waals surface area contributed by atoms with Crippen LogP contribution in [0.4, 0.5) is 8.78 Å². The van der Waals surface area contributed by atoms with Gasteiger partial charge in [0.25, 0.3) is 0 Å². The lowest BCUT2D eigenvalue weighted by atomic mass is 9.70. The third-order valence-corrected chi connectivity index (χ3v) is 5.42. The van der Waals surface area contributed by atoms with Gasteiger partial charge in [0.05, 0.1) is 22.8 Å². The van der Waals surface area contributed by atoms with E-state index in [0.29, 0.717) is 5.57 Å². The second-order valence-electron chi connectivity index (χ2n) is 7.88. The summed E-state index contributed by atoms with van der Waals surface area (Å²) < 4.78 is 28.7. The van der Waals surface area contributed by atoms with Gasteiger partial charge in [-0.2, -0.15) is 5.10 Å². The lowest BCUT2D eigenvalue weighted by Crippen LogP contribution is -2.39. The van der Waals surface area contributed by atoms with Gasteiger partial charge < -0.3 is 5.32 Å². The van der Waals surface area contributed by atoms with Crippen LogP contribution in [0.25, 0.3) is 16.6 Å². The summed E-state index contributed by atoms with van der Waals surface area (Å²) in [6.07, 6.45) is 4.55. The zero-order valence-electron chi connectivity index (χ0n) is 17.8. The third kappa shape index (κ3) is 4.33. The molecular formula is C25H25F2N3O. The first kappa shape index (κ1) is 22.2. The Morgan fingerprint density at radius 2 is 1.90 bits per heavy atom. The van der Waals surface area contributed by atoms with Crippen LogP contribution in [-0.4, -0.2) is 22.7 Å². The SMILES string of the molecule is C=C/C(=C\C(=C)F)C(c1ccc2c(cnn2-c2ccc(F)cc2)c1)C(C)(C)C(=O)NC. The minimum Gasteiger partial charge on any atom is -0.359 e. The number of allylic oxidation sites excluding steroid dienone is 4. The Bertz CT molecular complexity index is 1170. The highest BCUT2D eigenvalue weighted by Gasteiger charge is 2.39. The molecule has 0 bridgehead atoms. The molecule has 0 aliphatic heterocycles. The van der Waals surface area contributed by atoms with Gasteiger partial charge in [0.15, 0.2) is 0 Å². The summed E-state index contributed by atoms with van der Waals surface area (Å²) in [4.78, 5) is 12.7. The molecule has 0 aliphatic carbocycles. The predicted octanol–water partition coefficient (Wildman–Crippen LogP) is 5.62. The van der Waals surface area contributed by atoms with Crippen LogP contribution in [0.5, 0.6) is 0 Å². The van der Waals surface area contributed by atoms with E-state index in [0.717, 1.165) is 22.2 Å². The maximum atomic E-state index is 13.7. The molecule has 3 aromatic rings. The number of carbonyl (C=O) groups excluding carboxylic acids is 1. The molecule has 0 aliphatic rings. The number of rotatable bonds is 7. The van der Waals surface area contributed by atoms with E-state index < -0.39 is 17.2 Å². The predicted molar refractivity (Wildman–Crippen MR) is 120 cm³/mol. The van der Waals surface area contributed by atoms with E-state index in [1.54, 1.807) is 50.0 Å². The lowest BCUT2D eigenvalue weighted by molar-refractivity contribution is -0.129. The van der Waals surface area contributed by atoms with Gasteiger partial charge in [0.2, 0.25) is 5.91 Å². The monoisotopic (exact) mass is 421 g/mol.